The van der Waals surface area contributed by atoms with Crippen molar-refractivity contribution in [3.05, 3.63) is 83.9 Å². The first kappa shape index (κ1) is 21.8. The number of methoxy groups -OCH3 is 1. The lowest BCUT2D eigenvalue weighted by Gasteiger charge is -2.26. The van der Waals surface area contributed by atoms with Crippen LogP contribution in [0.1, 0.15) is 28.2 Å². The first-order valence-corrected chi connectivity index (χ1v) is 11.4. The van der Waals surface area contributed by atoms with Crippen molar-refractivity contribution in [3.63, 3.8) is 0 Å². The van der Waals surface area contributed by atoms with Gasteiger partial charge < -0.3 is 14.8 Å². The van der Waals surface area contributed by atoms with Crippen LogP contribution >= 0.6 is 11.8 Å². The predicted molar refractivity (Wildman–Crippen MR) is 128 cm³/mol. The minimum atomic E-state index is -0.210. The van der Waals surface area contributed by atoms with E-state index in [9.17, 15) is 9.59 Å². The Kier molecular flexibility index (Phi) is 6.66. The summed E-state index contributed by atoms with van der Waals surface area (Å²) in [5.74, 6) is 1.57. The van der Waals surface area contributed by atoms with Crippen LogP contribution in [0, 0.1) is 0 Å². The minimum absolute atomic E-state index is 0.0276. The number of anilines is 2. The van der Waals surface area contributed by atoms with Crippen LogP contribution in [0.5, 0.6) is 11.5 Å². The molecule has 32 heavy (non-hydrogen) atoms. The first-order chi connectivity index (χ1) is 15.6. The fourth-order valence-electron chi connectivity index (χ4n) is 3.58. The molecule has 1 fully saturated rings. The zero-order chi connectivity index (χ0) is 22.5. The second-order valence-corrected chi connectivity index (χ2v) is 8.20. The monoisotopic (exact) mass is 448 g/mol. The van der Waals surface area contributed by atoms with Crippen molar-refractivity contribution < 1.29 is 19.1 Å². The van der Waals surface area contributed by atoms with E-state index in [1.807, 2.05) is 55.5 Å². The van der Waals surface area contributed by atoms with Gasteiger partial charge in [0.15, 0.2) is 0 Å². The van der Waals surface area contributed by atoms with E-state index < -0.39 is 0 Å². The molecule has 164 valence electrons. The maximum absolute atomic E-state index is 12.8. The van der Waals surface area contributed by atoms with Gasteiger partial charge in [0.2, 0.25) is 5.91 Å². The van der Waals surface area contributed by atoms with Gasteiger partial charge in [0.25, 0.3) is 5.91 Å². The molecule has 7 heteroatoms. The molecule has 1 aliphatic rings. The van der Waals surface area contributed by atoms with Crippen molar-refractivity contribution in [2.75, 3.05) is 29.7 Å². The Bertz CT molecular complexity index is 1120. The number of hydrogen-bond donors (Lipinski definition) is 1. The van der Waals surface area contributed by atoms with Crippen LogP contribution in [0.15, 0.2) is 72.8 Å². The third-order valence-electron chi connectivity index (χ3n) is 5.07. The van der Waals surface area contributed by atoms with Crippen LogP contribution in [-0.4, -0.2) is 31.3 Å². The summed E-state index contributed by atoms with van der Waals surface area (Å²) in [6, 6.07) is 22.1. The fourth-order valence-corrected chi connectivity index (χ4v) is 4.74. The summed E-state index contributed by atoms with van der Waals surface area (Å²) < 4.78 is 10.9. The van der Waals surface area contributed by atoms with Gasteiger partial charge in [-0.1, -0.05) is 24.3 Å². The maximum atomic E-state index is 12.8. The molecule has 0 saturated carbocycles. The Morgan fingerprint density at radius 3 is 2.62 bits per heavy atom. The second kappa shape index (κ2) is 9.78. The molecule has 6 nitrogen and oxygen atoms in total. The molecule has 1 N–H and O–H groups in total. The summed E-state index contributed by atoms with van der Waals surface area (Å²) in [5.41, 5.74) is 2.89. The van der Waals surface area contributed by atoms with Gasteiger partial charge in [-0.3, -0.25) is 14.5 Å². The lowest BCUT2D eigenvalue weighted by atomic mass is 10.1. The van der Waals surface area contributed by atoms with Gasteiger partial charge in [0.1, 0.15) is 16.9 Å². The standard InChI is InChI=1S/C25H24N2O4S/c1-3-31-22-10-5-4-9-21(22)27-23(28)16-32-25(27)18-7-6-8-19(15-18)26-24(29)17-11-13-20(30-2)14-12-17/h4-15,25H,3,16H2,1-2H3,(H,26,29). The highest BCUT2D eigenvalue weighted by atomic mass is 32.2. The number of nitrogens with one attached hydrogen (secondary N) is 1. The van der Waals surface area contributed by atoms with Crippen molar-refractivity contribution in [3.8, 4) is 11.5 Å². The van der Waals surface area contributed by atoms with Gasteiger partial charge in [0, 0.05) is 11.3 Å². The van der Waals surface area contributed by atoms with Gasteiger partial charge >= 0.3 is 0 Å². The highest BCUT2D eigenvalue weighted by molar-refractivity contribution is 8.00. The molecule has 4 rings (SSSR count). The molecule has 0 spiro atoms. The summed E-state index contributed by atoms with van der Waals surface area (Å²) in [4.78, 5) is 27.2. The summed E-state index contributed by atoms with van der Waals surface area (Å²) in [6.45, 7) is 2.44. The molecule has 3 aromatic rings. The average molecular weight is 449 g/mol. The lowest BCUT2D eigenvalue weighted by Crippen LogP contribution is -2.28. The molecule has 1 heterocycles. The third-order valence-corrected chi connectivity index (χ3v) is 6.29. The topological polar surface area (TPSA) is 67.9 Å². The van der Waals surface area contributed by atoms with Crippen molar-refractivity contribution in [1.29, 1.82) is 0 Å². The Hall–Kier alpha value is -3.45. The largest absolute Gasteiger partial charge is 0.497 e. The smallest absolute Gasteiger partial charge is 0.255 e. The molecule has 0 aliphatic carbocycles. The predicted octanol–water partition coefficient (Wildman–Crippen LogP) is 5.12. The minimum Gasteiger partial charge on any atom is -0.497 e. The third kappa shape index (κ3) is 4.57. The molecule has 0 radical (unpaired) electrons. The lowest BCUT2D eigenvalue weighted by molar-refractivity contribution is -0.115. The Morgan fingerprint density at radius 2 is 1.88 bits per heavy atom. The van der Waals surface area contributed by atoms with E-state index >= 15 is 0 Å². The Labute approximate surface area is 191 Å². The number of carbonyl (C=O) groups excluding carboxylic acids is 2. The second-order valence-electron chi connectivity index (χ2n) is 7.14. The van der Waals surface area contributed by atoms with Gasteiger partial charge in [-0.2, -0.15) is 0 Å². The van der Waals surface area contributed by atoms with E-state index in [0.717, 1.165) is 11.3 Å². The highest BCUT2D eigenvalue weighted by Gasteiger charge is 2.35. The SMILES string of the molecule is CCOc1ccccc1N1C(=O)CSC1c1cccc(NC(=O)c2ccc(OC)cc2)c1. The van der Waals surface area contributed by atoms with E-state index in [2.05, 4.69) is 5.32 Å². The summed E-state index contributed by atoms with van der Waals surface area (Å²) in [6.07, 6.45) is 0. The maximum Gasteiger partial charge on any atom is 0.255 e. The molecule has 0 bridgehead atoms. The zero-order valence-corrected chi connectivity index (χ0v) is 18.7. The summed E-state index contributed by atoms with van der Waals surface area (Å²) in [5, 5.41) is 2.73. The van der Waals surface area contributed by atoms with Crippen molar-refractivity contribution in [2.45, 2.75) is 12.3 Å². The van der Waals surface area contributed by atoms with Gasteiger partial charge in [-0.05, 0) is 61.0 Å². The molecule has 1 atom stereocenters. The summed E-state index contributed by atoms with van der Waals surface area (Å²) in [7, 11) is 1.59. The number of nitrogens with zero attached hydrogens (tertiary/aromatic N) is 1. The van der Waals surface area contributed by atoms with E-state index in [-0.39, 0.29) is 17.2 Å². The van der Waals surface area contributed by atoms with Crippen LogP contribution < -0.4 is 19.7 Å². The number of carbonyl (C=O) groups is 2. The molecule has 3 aromatic carbocycles. The van der Waals surface area contributed by atoms with E-state index in [1.54, 1.807) is 48.0 Å². The van der Waals surface area contributed by atoms with Crippen LogP contribution in [0.3, 0.4) is 0 Å². The number of amides is 2. The fraction of sp³-hybridized carbons (Fsp3) is 0.200. The van der Waals surface area contributed by atoms with Crippen LogP contribution in [-0.2, 0) is 4.79 Å². The molecular weight excluding hydrogens is 424 g/mol. The number of rotatable bonds is 7. The Morgan fingerprint density at radius 1 is 1.09 bits per heavy atom. The van der Waals surface area contributed by atoms with Crippen molar-refractivity contribution >= 4 is 35.0 Å². The number of hydrogen-bond acceptors (Lipinski definition) is 5. The molecule has 1 unspecified atom stereocenters. The van der Waals surface area contributed by atoms with E-state index in [4.69, 9.17) is 9.47 Å². The average Bonchev–Trinajstić information content (AvgIpc) is 3.21. The van der Waals surface area contributed by atoms with E-state index in [0.29, 0.717) is 35.1 Å². The number of ether oxygens (including phenoxy) is 2. The van der Waals surface area contributed by atoms with Gasteiger partial charge in [-0.25, -0.2) is 0 Å². The number of benzene rings is 3. The molecule has 2 amide bonds. The van der Waals surface area contributed by atoms with E-state index in [1.165, 1.54) is 0 Å². The van der Waals surface area contributed by atoms with Gasteiger partial charge in [0.05, 0.1) is 25.2 Å². The number of thioether (sulfide) groups is 1. The number of para-hydroxylation sites is 2. The summed E-state index contributed by atoms with van der Waals surface area (Å²) >= 11 is 1.56. The van der Waals surface area contributed by atoms with Crippen LogP contribution in [0.4, 0.5) is 11.4 Å². The van der Waals surface area contributed by atoms with Crippen LogP contribution in [0.25, 0.3) is 0 Å². The molecule has 1 aliphatic heterocycles. The Balaban J connectivity index is 1.58. The molecular formula is C25H24N2O4S. The molecule has 1 saturated heterocycles. The van der Waals surface area contributed by atoms with Gasteiger partial charge in [-0.15, -0.1) is 11.8 Å². The highest BCUT2D eigenvalue weighted by Crippen LogP contribution is 2.45. The normalized spacial score (nSPS) is 15.5. The quantitative estimate of drug-likeness (QED) is 0.543. The molecule has 0 aromatic heterocycles. The van der Waals surface area contributed by atoms with Crippen molar-refractivity contribution in [2.24, 2.45) is 0 Å². The zero-order valence-electron chi connectivity index (χ0n) is 17.9. The van der Waals surface area contributed by atoms with Crippen LogP contribution in [0.2, 0.25) is 0 Å². The first-order valence-electron chi connectivity index (χ1n) is 10.3. The van der Waals surface area contributed by atoms with Crippen molar-refractivity contribution in [1.82, 2.24) is 0 Å².